The second-order valence-corrected chi connectivity index (χ2v) is 4.72. The Morgan fingerprint density at radius 2 is 2.06 bits per heavy atom. The summed E-state index contributed by atoms with van der Waals surface area (Å²) in [5.41, 5.74) is 1.02. The van der Waals surface area contributed by atoms with Gasteiger partial charge in [0.2, 0.25) is 0 Å². The number of halogens is 2. The Kier molecular flexibility index (Phi) is 5.23. The summed E-state index contributed by atoms with van der Waals surface area (Å²) < 4.78 is 13.0. The molecular weight excluding hydrogens is 225 g/mol. The van der Waals surface area contributed by atoms with Crippen molar-refractivity contribution in [3.8, 4) is 0 Å². The van der Waals surface area contributed by atoms with Crippen molar-refractivity contribution in [3.05, 3.63) is 34.6 Å². The third kappa shape index (κ3) is 3.76. The van der Waals surface area contributed by atoms with Crippen LogP contribution < -0.4 is 5.32 Å². The van der Waals surface area contributed by atoms with Crippen molar-refractivity contribution >= 4 is 11.6 Å². The molecule has 90 valence electrons. The summed E-state index contributed by atoms with van der Waals surface area (Å²) in [6.07, 6.45) is 1.16. The van der Waals surface area contributed by atoms with Crippen molar-refractivity contribution in [2.45, 2.75) is 33.2 Å². The van der Waals surface area contributed by atoms with Gasteiger partial charge in [0, 0.05) is 6.04 Å². The Morgan fingerprint density at radius 3 is 2.62 bits per heavy atom. The van der Waals surface area contributed by atoms with E-state index in [0.717, 1.165) is 18.5 Å². The van der Waals surface area contributed by atoms with Crippen molar-refractivity contribution in [2.24, 2.45) is 5.92 Å². The van der Waals surface area contributed by atoms with Gasteiger partial charge in [0.05, 0.1) is 5.02 Å². The van der Waals surface area contributed by atoms with Gasteiger partial charge >= 0.3 is 0 Å². The average molecular weight is 244 g/mol. The van der Waals surface area contributed by atoms with Crippen LogP contribution in [0.25, 0.3) is 0 Å². The van der Waals surface area contributed by atoms with Gasteiger partial charge in [0.25, 0.3) is 0 Å². The minimum absolute atomic E-state index is 0.190. The fourth-order valence-electron chi connectivity index (χ4n) is 1.42. The van der Waals surface area contributed by atoms with Gasteiger partial charge in [-0.05, 0) is 37.1 Å². The number of benzene rings is 1. The SMILES string of the molecule is CCC(C)CNC(C)c1ccc(F)c(Cl)c1. The van der Waals surface area contributed by atoms with Crippen molar-refractivity contribution in [3.63, 3.8) is 0 Å². The van der Waals surface area contributed by atoms with Crippen LogP contribution in [-0.2, 0) is 0 Å². The Labute approximate surface area is 102 Å². The third-order valence-electron chi connectivity index (χ3n) is 2.91. The maximum absolute atomic E-state index is 13.0. The fraction of sp³-hybridized carbons (Fsp3) is 0.538. The summed E-state index contributed by atoms with van der Waals surface area (Å²) in [4.78, 5) is 0. The monoisotopic (exact) mass is 243 g/mol. The van der Waals surface area contributed by atoms with E-state index < -0.39 is 0 Å². The molecule has 0 amide bonds. The summed E-state index contributed by atoms with van der Waals surface area (Å²) in [5.74, 6) is 0.290. The van der Waals surface area contributed by atoms with Gasteiger partial charge in [0.1, 0.15) is 5.82 Å². The first-order chi connectivity index (χ1) is 7.54. The lowest BCUT2D eigenvalue weighted by Gasteiger charge is -2.17. The van der Waals surface area contributed by atoms with E-state index in [0.29, 0.717) is 5.92 Å². The zero-order valence-corrected chi connectivity index (χ0v) is 10.8. The molecule has 1 aromatic rings. The van der Waals surface area contributed by atoms with E-state index in [-0.39, 0.29) is 16.9 Å². The Balaban J connectivity index is 2.59. The Bertz CT molecular complexity index is 341. The van der Waals surface area contributed by atoms with E-state index in [4.69, 9.17) is 11.6 Å². The van der Waals surface area contributed by atoms with Gasteiger partial charge < -0.3 is 5.32 Å². The molecule has 0 aliphatic carbocycles. The molecule has 1 rings (SSSR count). The molecule has 2 unspecified atom stereocenters. The highest BCUT2D eigenvalue weighted by molar-refractivity contribution is 6.30. The first-order valence-electron chi connectivity index (χ1n) is 5.73. The molecule has 3 heteroatoms. The molecule has 0 aromatic heterocycles. The van der Waals surface area contributed by atoms with E-state index in [1.165, 1.54) is 6.07 Å². The van der Waals surface area contributed by atoms with Crippen LogP contribution in [0.4, 0.5) is 4.39 Å². The molecule has 0 bridgehead atoms. The predicted molar refractivity (Wildman–Crippen MR) is 67.3 cm³/mol. The second kappa shape index (κ2) is 6.21. The lowest BCUT2D eigenvalue weighted by atomic mass is 10.1. The zero-order chi connectivity index (χ0) is 12.1. The minimum Gasteiger partial charge on any atom is -0.310 e. The van der Waals surface area contributed by atoms with Gasteiger partial charge in [-0.3, -0.25) is 0 Å². The lowest BCUT2D eigenvalue weighted by molar-refractivity contribution is 0.460. The standard InChI is InChI=1S/C13H19ClFN/c1-4-9(2)8-16-10(3)11-5-6-13(15)12(14)7-11/h5-7,9-10,16H,4,8H2,1-3H3. The summed E-state index contributed by atoms with van der Waals surface area (Å²) in [5, 5.41) is 3.60. The molecule has 0 spiro atoms. The maximum atomic E-state index is 13.0. The van der Waals surface area contributed by atoms with Crippen LogP contribution >= 0.6 is 11.6 Å². The molecule has 1 aromatic carbocycles. The molecule has 1 N–H and O–H groups in total. The van der Waals surface area contributed by atoms with Crippen molar-refractivity contribution in [1.29, 1.82) is 0 Å². The van der Waals surface area contributed by atoms with E-state index in [9.17, 15) is 4.39 Å². The highest BCUT2D eigenvalue weighted by Crippen LogP contribution is 2.20. The van der Waals surface area contributed by atoms with E-state index >= 15 is 0 Å². The van der Waals surface area contributed by atoms with Crippen molar-refractivity contribution in [2.75, 3.05) is 6.54 Å². The molecule has 2 atom stereocenters. The smallest absolute Gasteiger partial charge is 0.141 e. The summed E-state index contributed by atoms with van der Waals surface area (Å²) in [6.45, 7) is 7.40. The predicted octanol–water partition coefficient (Wildman–Crippen LogP) is 4.18. The molecule has 0 fully saturated rings. The first-order valence-corrected chi connectivity index (χ1v) is 6.10. The summed E-state index contributed by atoms with van der Waals surface area (Å²) in [6, 6.07) is 5.08. The lowest BCUT2D eigenvalue weighted by Crippen LogP contribution is -2.24. The normalized spacial score (nSPS) is 14.8. The molecule has 0 aliphatic rings. The molecule has 1 nitrogen and oxygen atoms in total. The minimum atomic E-state index is -0.362. The highest BCUT2D eigenvalue weighted by Gasteiger charge is 2.08. The van der Waals surface area contributed by atoms with Gasteiger partial charge in [-0.2, -0.15) is 0 Å². The topological polar surface area (TPSA) is 12.0 Å². The molecule has 16 heavy (non-hydrogen) atoms. The average Bonchev–Trinajstić information content (AvgIpc) is 2.29. The molecule has 0 heterocycles. The molecular formula is C13H19ClFN. The van der Waals surface area contributed by atoms with Gasteiger partial charge in [0.15, 0.2) is 0 Å². The van der Waals surface area contributed by atoms with Crippen LogP contribution in [-0.4, -0.2) is 6.54 Å². The van der Waals surface area contributed by atoms with Gasteiger partial charge in [-0.1, -0.05) is 37.9 Å². The third-order valence-corrected chi connectivity index (χ3v) is 3.20. The van der Waals surface area contributed by atoms with Crippen LogP contribution in [0.5, 0.6) is 0 Å². The quantitative estimate of drug-likeness (QED) is 0.818. The van der Waals surface area contributed by atoms with Crippen molar-refractivity contribution in [1.82, 2.24) is 5.32 Å². The Hall–Kier alpha value is -0.600. The van der Waals surface area contributed by atoms with Crippen LogP contribution in [0.15, 0.2) is 18.2 Å². The van der Waals surface area contributed by atoms with E-state index in [2.05, 4.69) is 26.1 Å². The van der Waals surface area contributed by atoms with Gasteiger partial charge in [-0.15, -0.1) is 0 Å². The maximum Gasteiger partial charge on any atom is 0.141 e. The zero-order valence-electron chi connectivity index (χ0n) is 10.1. The molecule has 0 saturated carbocycles. The highest BCUT2D eigenvalue weighted by atomic mass is 35.5. The van der Waals surface area contributed by atoms with Gasteiger partial charge in [-0.25, -0.2) is 4.39 Å². The summed E-state index contributed by atoms with van der Waals surface area (Å²) in [7, 11) is 0. The number of hydrogen-bond acceptors (Lipinski definition) is 1. The first kappa shape index (κ1) is 13.5. The van der Waals surface area contributed by atoms with Crippen molar-refractivity contribution < 1.29 is 4.39 Å². The van der Waals surface area contributed by atoms with E-state index in [1.807, 2.05) is 0 Å². The van der Waals surface area contributed by atoms with Crippen LogP contribution in [0, 0.1) is 11.7 Å². The van der Waals surface area contributed by atoms with E-state index in [1.54, 1.807) is 12.1 Å². The largest absolute Gasteiger partial charge is 0.310 e. The second-order valence-electron chi connectivity index (χ2n) is 4.32. The summed E-state index contributed by atoms with van der Waals surface area (Å²) >= 11 is 5.75. The van der Waals surface area contributed by atoms with Crippen LogP contribution in [0.2, 0.25) is 5.02 Å². The molecule has 0 radical (unpaired) electrons. The molecule has 0 aliphatic heterocycles. The molecule has 0 saturated heterocycles. The fourth-order valence-corrected chi connectivity index (χ4v) is 1.61. The van der Waals surface area contributed by atoms with Crippen LogP contribution in [0.3, 0.4) is 0 Å². The number of nitrogens with one attached hydrogen (secondary N) is 1. The number of rotatable bonds is 5. The Morgan fingerprint density at radius 1 is 1.38 bits per heavy atom. The van der Waals surface area contributed by atoms with Crippen LogP contribution in [0.1, 0.15) is 38.8 Å². The number of hydrogen-bond donors (Lipinski definition) is 1.